The lowest BCUT2D eigenvalue weighted by molar-refractivity contribution is -0.145. The maximum Gasteiger partial charge on any atom is 0.258 e. The molecular formula is C53H61FN12O7S2. The number of aromatic nitrogens is 6. The summed E-state index contributed by atoms with van der Waals surface area (Å²) < 4.78 is 28.5. The number of nitrogens with one attached hydrogen (secondary N) is 4. The van der Waals surface area contributed by atoms with Gasteiger partial charge in [0, 0.05) is 62.4 Å². The minimum atomic E-state index is -1.99. The molecule has 2 aliphatic carbocycles. The Morgan fingerprint density at radius 2 is 1.81 bits per heavy atom. The highest BCUT2D eigenvalue weighted by Gasteiger charge is 2.53. The third kappa shape index (κ3) is 12.1. The lowest BCUT2D eigenvalue weighted by atomic mass is 9.85. The van der Waals surface area contributed by atoms with Gasteiger partial charge in [0.15, 0.2) is 10.7 Å². The number of rotatable bonds is 19. The van der Waals surface area contributed by atoms with Crippen molar-refractivity contribution < 1.29 is 38.1 Å². The standard InChI is InChI=1S/C53H61FN12O7S2/c1-30-45(74-29-59-30)33-6-7-34(26-58-47(69)42-22-37(67)28-65(42)50(70)46(52(2,3)4)62-51(71)53(54)15-16-53)43(21-33)73-19-18-72-17-14-44(68)61-35-10-8-32(9-11-35)48-63-64-49(75-48)38-27-57-40(23-39(38)56-5)41-13-12-36-20-31(24-55)25-60-66(36)41/h6-7,12-13,20-21,23,25,27,29,32,35,37,42,46,67H,8-11,14-19,22,26,28H2,1-5H3,(H,56,57)(H,58,69)(H,61,68)(H,62,71)/t32?,35?,37-,42+,46-/m1/s1. The Morgan fingerprint density at radius 3 is 2.53 bits per heavy atom. The van der Waals surface area contributed by atoms with E-state index in [0.717, 1.165) is 80.0 Å². The molecule has 19 nitrogen and oxygen atoms in total. The molecule has 1 saturated heterocycles. The predicted molar refractivity (Wildman–Crippen MR) is 280 cm³/mol. The number of hydrogen-bond acceptors (Lipinski definition) is 16. The number of benzene rings is 1. The fraction of sp³-hybridized carbons (Fsp3) is 0.472. The van der Waals surface area contributed by atoms with E-state index >= 15 is 0 Å². The van der Waals surface area contributed by atoms with Crippen LogP contribution in [0, 0.1) is 23.7 Å². The SMILES string of the molecule is CNc1cc(-c2ccc3cc(C#N)cnn23)ncc1-c1nnc(C2CCC(NC(=O)CCOCCOc3cc(-c4scnc4C)ccc3CNC(=O)[C@@H]3C[C@@H](O)CN3C(=O)[C@@H](NC(=O)C3(F)CC3)C(C)(C)C)CC2)s1. The number of anilines is 1. The number of alkyl halides is 1. The van der Waals surface area contributed by atoms with Gasteiger partial charge in [-0.15, -0.1) is 21.5 Å². The first-order valence-electron chi connectivity index (χ1n) is 25.2. The molecule has 22 heteroatoms. The molecule has 75 heavy (non-hydrogen) atoms. The summed E-state index contributed by atoms with van der Waals surface area (Å²) in [7, 11) is 1.85. The topological polar surface area (TPSA) is 251 Å². The highest BCUT2D eigenvalue weighted by Crippen LogP contribution is 2.41. The van der Waals surface area contributed by atoms with E-state index in [4.69, 9.17) is 14.5 Å². The van der Waals surface area contributed by atoms with Crippen molar-refractivity contribution in [1.82, 2.24) is 50.6 Å². The quantitative estimate of drug-likeness (QED) is 0.0544. The number of amides is 4. The van der Waals surface area contributed by atoms with Gasteiger partial charge in [-0.1, -0.05) is 44.2 Å². The Morgan fingerprint density at radius 1 is 1.01 bits per heavy atom. The van der Waals surface area contributed by atoms with Crippen molar-refractivity contribution in [1.29, 1.82) is 5.26 Å². The number of likely N-dealkylation sites (tertiary alicyclic amines) is 1. The zero-order valence-electron chi connectivity index (χ0n) is 42.5. The van der Waals surface area contributed by atoms with Crippen molar-refractivity contribution in [3.05, 3.63) is 82.2 Å². The van der Waals surface area contributed by atoms with Gasteiger partial charge in [0.1, 0.15) is 35.5 Å². The number of nitriles is 1. The van der Waals surface area contributed by atoms with E-state index in [-0.39, 0.29) is 76.5 Å². The number of nitrogens with zero attached hydrogens (tertiary/aromatic N) is 8. The third-order valence-electron chi connectivity index (χ3n) is 14.0. The number of pyridine rings is 1. The van der Waals surface area contributed by atoms with Crippen molar-refractivity contribution in [2.75, 3.05) is 38.7 Å². The maximum atomic E-state index is 14.7. The molecule has 0 spiro atoms. The fourth-order valence-electron chi connectivity index (χ4n) is 9.57. The Kier molecular flexibility index (Phi) is 15.9. The normalized spacial score (nSPS) is 19.5. The fourth-order valence-corrected chi connectivity index (χ4v) is 11.4. The number of aliphatic hydroxyl groups is 1. The minimum absolute atomic E-state index is 0.000901. The Bertz CT molecular complexity index is 3120. The van der Waals surface area contributed by atoms with Crippen LogP contribution in [0.4, 0.5) is 10.1 Å². The molecule has 5 N–H and O–H groups in total. The van der Waals surface area contributed by atoms with Crippen molar-refractivity contribution in [2.24, 2.45) is 5.41 Å². The van der Waals surface area contributed by atoms with E-state index in [1.54, 1.807) is 54.4 Å². The molecule has 0 radical (unpaired) electrons. The van der Waals surface area contributed by atoms with Crippen LogP contribution in [0.1, 0.15) is 99.9 Å². The summed E-state index contributed by atoms with van der Waals surface area (Å²) in [6.45, 7) is 7.68. The Hall–Kier alpha value is -6.93. The molecule has 3 fully saturated rings. The lowest BCUT2D eigenvalue weighted by Crippen LogP contribution is -2.59. The molecule has 1 aliphatic heterocycles. The number of thiazole rings is 1. The zero-order valence-corrected chi connectivity index (χ0v) is 44.2. The Balaban J connectivity index is 0.734. The number of ether oxygens (including phenoxy) is 2. The van der Waals surface area contributed by atoms with Gasteiger partial charge >= 0.3 is 0 Å². The number of carbonyl (C=O) groups excluding carboxylic acids is 4. The molecule has 0 unspecified atom stereocenters. The molecule has 6 aromatic rings. The highest BCUT2D eigenvalue weighted by molar-refractivity contribution is 7.14. The number of halogens is 1. The summed E-state index contributed by atoms with van der Waals surface area (Å²) in [5, 5.41) is 47.2. The maximum absolute atomic E-state index is 14.7. The second-order valence-electron chi connectivity index (χ2n) is 20.5. The van der Waals surface area contributed by atoms with Crippen LogP contribution < -0.4 is 26.0 Å². The van der Waals surface area contributed by atoms with Crippen LogP contribution >= 0.6 is 22.7 Å². The van der Waals surface area contributed by atoms with Gasteiger partial charge in [-0.05, 0) is 86.8 Å². The summed E-state index contributed by atoms with van der Waals surface area (Å²) in [5.41, 5.74) is 5.90. The number of aliphatic hydroxyl groups excluding tert-OH is 1. The molecule has 9 rings (SSSR count). The van der Waals surface area contributed by atoms with Gasteiger partial charge in [-0.25, -0.2) is 13.9 Å². The smallest absolute Gasteiger partial charge is 0.258 e. The summed E-state index contributed by atoms with van der Waals surface area (Å²) in [5.74, 6) is -1.25. The first-order valence-corrected chi connectivity index (χ1v) is 26.9. The van der Waals surface area contributed by atoms with Crippen LogP contribution in [0.15, 0.2) is 60.4 Å². The Labute approximate surface area is 441 Å². The predicted octanol–water partition coefficient (Wildman–Crippen LogP) is 6.50. The van der Waals surface area contributed by atoms with Crippen LogP contribution in [0.3, 0.4) is 0 Å². The first kappa shape index (κ1) is 52.9. The van der Waals surface area contributed by atoms with Crippen LogP contribution in [-0.2, 0) is 30.5 Å². The summed E-state index contributed by atoms with van der Waals surface area (Å²) >= 11 is 3.05. The molecule has 6 heterocycles. The van der Waals surface area contributed by atoms with Crippen LogP contribution in [0.25, 0.3) is 37.9 Å². The number of aryl methyl sites for hydroxylation is 1. The van der Waals surface area contributed by atoms with E-state index in [2.05, 4.69) is 47.6 Å². The summed E-state index contributed by atoms with van der Waals surface area (Å²) in [6, 6.07) is 13.3. The molecule has 4 amide bonds. The minimum Gasteiger partial charge on any atom is -0.491 e. The van der Waals surface area contributed by atoms with Gasteiger partial charge in [0.2, 0.25) is 17.7 Å². The van der Waals surface area contributed by atoms with E-state index in [9.17, 15) is 33.9 Å². The van der Waals surface area contributed by atoms with E-state index < -0.39 is 47.0 Å². The lowest BCUT2D eigenvalue weighted by Gasteiger charge is -2.35. The van der Waals surface area contributed by atoms with E-state index in [0.29, 0.717) is 16.9 Å². The first-order chi connectivity index (χ1) is 36.0. The monoisotopic (exact) mass is 1060 g/mol. The summed E-state index contributed by atoms with van der Waals surface area (Å²) in [4.78, 5) is 64.9. The molecule has 3 atom stereocenters. The van der Waals surface area contributed by atoms with Crippen LogP contribution in [0.5, 0.6) is 5.75 Å². The average Bonchev–Trinajstić information content (AvgIpc) is 3.88. The second-order valence-corrected chi connectivity index (χ2v) is 22.4. The molecule has 2 saturated carbocycles. The van der Waals surface area contributed by atoms with Gasteiger partial charge in [0.25, 0.3) is 5.91 Å². The van der Waals surface area contributed by atoms with Crippen molar-refractivity contribution in [3.8, 4) is 44.2 Å². The van der Waals surface area contributed by atoms with Crippen molar-refractivity contribution in [2.45, 2.75) is 121 Å². The average molecular weight is 1060 g/mol. The van der Waals surface area contributed by atoms with Gasteiger partial charge in [-0.2, -0.15) is 10.4 Å². The van der Waals surface area contributed by atoms with Crippen LogP contribution in [-0.4, -0.2) is 127 Å². The largest absolute Gasteiger partial charge is 0.491 e. The van der Waals surface area contributed by atoms with E-state index in [1.807, 2.05) is 50.4 Å². The molecule has 394 valence electrons. The molecule has 5 aromatic heterocycles. The van der Waals surface area contributed by atoms with Gasteiger partial charge in [0.05, 0.1) is 69.6 Å². The molecule has 3 aliphatic rings. The van der Waals surface area contributed by atoms with Gasteiger partial charge in [-0.3, -0.25) is 24.2 Å². The third-order valence-corrected chi connectivity index (χ3v) is 16.1. The zero-order chi connectivity index (χ0) is 53.0. The highest BCUT2D eigenvalue weighted by atomic mass is 32.1. The molecular weight excluding hydrogens is 1000 g/mol. The van der Waals surface area contributed by atoms with Gasteiger partial charge < -0.3 is 40.7 Å². The number of hydrogen-bond donors (Lipinski definition) is 5. The molecule has 0 bridgehead atoms. The number of fused-ring (bicyclic) bond motifs is 1. The number of β-amino-alcohol motifs (C(OH)–C–C–N with tert-alkyl or cyclic N) is 1. The second kappa shape index (κ2) is 22.5. The van der Waals surface area contributed by atoms with E-state index in [1.165, 1.54) is 22.4 Å². The van der Waals surface area contributed by atoms with Crippen LogP contribution in [0.2, 0.25) is 0 Å². The number of carbonyl (C=O) groups is 4. The van der Waals surface area contributed by atoms with Crippen molar-refractivity contribution >= 4 is 57.5 Å². The molecule has 1 aromatic carbocycles. The summed E-state index contributed by atoms with van der Waals surface area (Å²) in [6.07, 6.45) is 6.10. The van der Waals surface area contributed by atoms with Crippen molar-refractivity contribution in [3.63, 3.8) is 0 Å².